The zero-order chi connectivity index (χ0) is 12.1. The lowest BCUT2D eigenvalue weighted by atomic mass is 10.3. The lowest BCUT2D eigenvalue weighted by Crippen LogP contribution is -2.21. The number of halogens is 2. The molecule has 0 spiro atoms. The third-order valence-electron chi connectivity index (χ3n) is 1.52. The number of benzene rings is 1. The maximum Gasteiger partial charge on any atom is 0.201 e. The third-order valence-corrected chi connectivity index (χ3v) is 1.52. The third kappa shape index (κ3) is 3.02. The van der Waals surface area contributed by atoms with Crippen LogP contribution < -0.4 is 11.2 Å². The first-order valence-electron chi connectivity index (χ1n) is 4.07. The molecule has 0 aliphatic carbocycles. The smallest absolute Gasteiger partial charge is 0.201 e. The molecule has 0 bridgehead atoms. The highest BCUT2D eigenvalue weighted by molar-refractivity contribution is 6.45. The van der Waals surface area contributed by atoms with Crippen LogP contribution in [0.2, 0.25) is 0 Å². The van der Waals surface area contributed by atoms with Gasteiger partial charge in [0.1, 0.15) is 17.7 Å². The minimum Gasteiger partial charge on any atom is -0.382 e. The predicted molar refractivity (Wildman–Crippen MR) is 54.9 cm³/mol. The number of hydrogen-bond donors (Lipinski definition) is 3. The van der Waals surface area contributed by atoms with Crippen molar-refractivity contribution in [1.82, 2.24) is 0 Å². The Morgan fingerprint density at radius 3 is 2.38 bits per heavy atom. The van der Waals surface area contributed by atoms with E-state index in [9.17, 15) is 8.78 Å². The van der Waals surface area contributed by atoms with Crippen LogP contribution in [0.15, 0.2) is 23.3 Å². The fourth-order valence-electron chi connectivity index (χ4n) is 0.884. The Morgan fingerprint density at radius 2 is 1.94 bits per heavy atom. The number of hydrazone groups is 1. The Bertz CT molecular complexity index is 469. The summed E-state index contributed by atoms with van der Waals surface area (Å²) in [5.41, 5.74) is 6.89. The lowest BCUT2D eigenvalue weighted by Gasteiger charge is -2.01. The van der Waals surface area contributed by atoms with Crippen molar-refractivity contribution >= 4 is 17.2 Å². The Balaban J connectivity index is 2.90. The summed E-state index contributed by atoms with van der Waals surface area (Å²) in [6.45, 7) is 0. The van der Waals surface area contributed by atoms with Crippen LogP contribution >= 0.6 is 0 Å². The molecule has 0 radical (unpaired) electrons. The van der Waals surface area contributed by atoms with Gasteiger partial charge >= 0.3 is 0 Å². The van der Waals surface area contributed by atoms with Crippen LogP contribution in [-0.2, 0) is 0 Å². The van der Waals surface area contributed by atoms with Gasteiger partial charge in [-0.25, -0.2) is 8.78 Å². The molecule has 1 aromatic rings. The van der Waals surface area contributed by atoms with Crippen molar-refractivity contribution in [1.29, 1.82) is 10.7 Å². The zero-order valence-electron chi connectivity index (χ0n) is 7.96. The summed E-state index contributed by atoms with van der Waals surface area (Å²) >= 11 is 0. The minimum atomic E-state index is -0.779. The maximum absolute atomic E-state index is 12.7. The van der Waals surface area contributed by atoms with Crippen molar-refractivity contribution in [3.63, 3.8) is 0 Å². The van der Waals surface area contributed by atoms with Crippen LogP contribution in [0.4, 0.5) is 14.5 Å². The summed E-state index contributed by atoms with van der Waals surface area (Å²) < 4.78 is 25.5. The van der Waals surface area contributed by atoms with Crippen LogP contribution in [0.25, 0.3) is 0 Å². The van der Waals surface area contributed by atoms with Crippen LogP contribution in [0, 0.1) is 28.4 Å². The fourth-order valence-corrected chi connectivity index (χ4v) is 0.884. The molecule has 0 saturated carbocycles. The van der Waals surface area contributed by atoms with E-state index in [-0.39, 0.29) is 11.4 Å². The van der Waals surface area contributed by atoms with Crippen LogP contribution in [0.1, 0.15) is 0 Å². The average molecular weight is 223 g/mol. The average Bonchev–Trinajstić information content (AvgIpc) is 2.16. The fraction of sp³-hybridized carbons (Fsp3) is 0. The van der Waals surface area contributed by atoms with Crippen LogP contribution in [0.3, 0.4) is 0 Å². The summed E-state index contributed by atoms with van der Waals surface area (Å²) in [5.74, 6) is -2.09. The number of nitrogens with one attached hydrogen (secondary N) is 2. The number of rotatable bonds is 3. The first-order valence-corrected chi connectivity index (χ1v) is 4.07. The van der Waals surface area contributed by atoms with Gasteiger partial charge in [-0.05, 0) is 12.1 Å². The van der Waals surface area contributed by atoms with Crippen molar-refractivity contribution in [2.45, 2.75) is 0 Å². The molecule has 1 rings (SSSR count). The van der Waals surface area contributed by atoms with Crippen molar-refractivity contribution in [2.24, 2.45) is 10.8 Å². The van der Waals surface area contributed by atoms with E-state index < -0.39 is 17.5 Å². The quantitative estimate of drug-likeness (QED) is 0.407. The molecule has 7 heteroatoms. The summed E-state index contributed by atoms with van der Waals surface area (Å²) in [6, 6.07) is 4.23. The number of nitriles is 1. The number of nitrogens with two attached hydrogens (primary N) is 1. The Hall–Kier alpha value is -2.49. The molecule has 1 aromatic carbocycles. The van der Waals surface area contributed by atoms with Gasteiger partial charge in [-0.1, -0.05) is 0 Å². The number of anilines is 1. The van der Waals surface area contributed by atoms with Crippen molar-refractivity contribution in [2.75, 3.05) is 5.43 Å². The molecule has 0 atom stereocenters. The van der Waals surface area contributed by atoms with E-state index in [2.05, 4.69) is 10.5 Å². The molecule has 0 saturated heterocycles. The van der Waals surface area contributed by atoms with Gasteiger partial charge < -0.3 is 5.73 Å². The standard InChI is InChI=1S/C9H7F2N5/c10-5-1-6(11)3-7(2-5)15-16-8(4-12)9(13)14/h1-3,15H,(H3,13,14)/b16-8+. The highest BCUT2D eigenvalue weighted by Gasteiger charge is 2.02. The number of hydrogen-bond acceptors (Lipinski definition) is 4. The number of nitrogens with zero attached hydrogens (tertiary/aromatic N) is 2. The van der Waals surface area contributed by atoms with Gasteiger partial charge in [0.2, 0.25) is 5.71 Å². The second-order valence-electron chi connectivity index (χ2n) is 2.76. The molecule has 0 heterocycles. The predicted octanol–water partition coefficient (Wildman–Crippen LogP) is 1.19. The van der Waals surface area contributed by atoms with E-state index in [0.717, 1.165) is 12.1 Å². The molecule has 16 heavy (non-hydrogen) atoms. The van der Waals surface area contributed by atoms with E-state index >= 15 is 0 Å². The monoisotopic (exact) mass is 223 g/mol. The Labute approximate surface area is 89.7 Å². The van der Waals surface area contributed by atoms with Gasteiger partial charge in [0.25, 0.3) is 0 Å². The van der Waals surface area contributed by atoms with Gasteiger partial charge in [0.15, 0.2) is 5.84 Å². The molecule has 0 unspecified atom stereocenters. The second-order valence-corrected chi connectivity index (χ2v) is 2.76. The van der Waals surface area contributed by atoms with Crippen LogP contribution in [0.5, 0.6) is 0 Å². The van der Waals surface area contributed by atoms with E-state index in [1.54, 1.807) is 6.07 Å². The molecule has 4 N–H and O–H groups in total. The molecule has 5 nitrogen and oxygen atoms in total. The first-order chi connectivity index (χ1) is 7.52. The summed E-state index contributed by atoms with van der Waals surface area (Å²) in [7, 11) is 0. The van der Waals surface area contributed by atoms with E-state index in [4.69, 9.17) is 16.4 Å². The van der Waals surface area contributed by atoms with Crippen molar-refractivity contribution in [3.05, 3.63) is 29.8 Å². The van der Waals surface area contributed by atoms with E-state index in [0.29, 0.717) is 6.07 Å². The summed E-state index contributed by atoms with van der Waals surface area (Å²) in [5, 5.41) is 18.8. The van der Waals surface area contributed by atoms with Crippen molar-refractivity contribution < 1.29 is 8.78 Å². The Morgan fingerprint density at radius 1 is 1.38 bits per heavy atom. The van der Waals surface area contributed by atoms with E-state index in [1.807, 2.05) is 0 Å². The van der Waals surface area contributed by atoms with Gasteiger partial charge in [-0.2, -0.15) is 10.4 Å². The molecular formula is C9H7F2N5. The molecule has 0 aliphatic heterocycles. The van der Waals surface area contributed by atoms with Crippen LogP contribution in [-0.4, -0.2) is 11.5 Å². The SMILES string of the molecule is N#C/C(=N\Nc1cc(F)cc(F)c1)C(=N)N. The molecule has 82 valence electrons. The van der Waals surface area contributed by atoms with E-state index in [1.165, 1.54) is 0 Å². The van der Waals surface area contributed by atoms with Gasteiger partial charge in [0, 0.05) is 6.07 Å². The summed E-state index contributed by atoms with van der Waals surface area (Å²) in [4.78, 5) is 0. The highest BCUT2D eigenvalue weighted by atomic mass is 19.1. The van der Waals surface area contributed by atoms with Gasteiger partial charge in [0.05, 0.1) is 5.69 Å². The largest absolute Gasteiger partial charge is 0.382 e. The normalized spacial score (nSPS) is 10.7. The van der Waals surface area contributed by atoms with Gasteiger partial charge in [-0.15, -0.1) is 0 Å². The first kappa shape index (κ1) is 11.6. The Kier molecular flexibility index (Phi) is 3.50. The second kappa shape index (κ2) is 4.84. The number of amidine groups is 1. The topological polar surface area (TPSA) is 98.0 Å². The summed E-state index contributed by atoms with van der Waals surface area (Å²) in [6.07, 6.45) is 0. The lowest BCUT2D eigenvalue weighted by molar-refractivity contribution is 0.584. The molecule has 0 aromatic heterocycles. The molecule has 0 aliphatic rings. The minimum absolute atomic E-state index is 0.0199. The highest BCUT2D eigenvalue weighted by Crippen LogP contribution is 2.12. The molecule has 0 amide bonds. The van der Waals surface area contributed by atoms with Gasteiger partial charge in [-0.3, -0.25) is 10.8 Å². The molecular weight excluding hydrogens is 216 g/mol. The zero-order valence-corrected chi connectivity index (χ0v) is 7.96. The van der Waals surface area contributed by atoms with Crippen molar-refractivity contribution in [3.8, 4) is 6.07 Å². The maximum atomic E-state index is 12.7. The molecule has 0 fully saturated rings.